The number of nitrogens with one attached hydrogen (secondary N) is 2. The molecule has 1 unspecified atom stereocenters. The molecule has 0 aromatic rings. The van der Waals surface area contributed by atoms with E-state index in [2.05, 4.69) is 17.6 Å². The summed E-state index contributed by atoms with van der Waals surface area (Å²) in [6.45, 7) is 4.20. The summed E-state index contributed by atoms with van der Waals surface area (Å²) in [6.07, 6.45) is 11.8. The highest BCUT2D eigenvalue weighted by Gasteiger charge is 2.12. The van der Waals surface area contributed by atoms with E-state index in [1.807, 2.05) is 0 Å². The largest absolute Gasteiger partial charge is 0.356 e. The predicted octanol–water partition coefficient (Wildman–Crippen LogP) is 3.00. The highest BCUT2D eigenvalue weighted by molar-refractivity contribution is 5.75. The van der Waals surface area contributed by atoms with Crippen molar-refractivity contribution in [2.24, 2.45) is 0 Å². The molecule has 3 heteroatoms. The van der Waals surface area contributed by atoms with E-state index >= 15 is 0 Å². The standard InChI is InChI=1S/C15H30N2O/c1-2-3-4-5-6-10-15(18)17-13-11-14-9-7-8-12-16-14/h14,16H,2-13H2,1H3,(H,17,18). The second-order valence-corrected chi connectivity index (χ2v) is 5.45. The molecule has 0 bridgehead atoms. The van der Waals surface area contributed by atoms with Crippen LogP contribution < -0.4 is 10.6 Å². The van der Waals surface area contributed by atoms with Gasteiger partial charge >= 0.3 is 0 Å². The van der Waals surface area contributed by atoms with Crippen LogP contribution in [-0.2, 0) is 4.79 Å². The fourth-order valence-electron chi connectivity index (χ4n) is 2.53. The van der Waals surface area contributed by atoms with Crippen molar-refractivity contribution in [1.82, 2.24) is 10.6 Å². The smallest absolute Gasteiger partial charge is 0.219 e. The molecule has 0 radical (unpaired) electrons. The number of carbonyl (C=O) groups excluding carboxylic acids is 1. The number of piperidine rings is 1. The Hall–Kier alpha value is -0.570. The molecule has 0 aliphatic carbocycles. The van der Waals surface area contributed by atoms with Crippen LogP contribution in [-0.4, -0.2) is 25.0 Å². The third-order valence-electron chi connectivity index (χ3n) is 3.73. The molecule has 0 aromatic carbocycles. The summed E-state index contributed by atoms with van der Waals surface area (Å²) in [4.78, 5) is 11.6. The third-order valence-corrected chi connectivity index (χ3v) is 3.73. The van der Waals surface area contributed by atoms with Gasteiger partial charge in [-0.1, -0.05) is 39.0 Å². The molecule has 0 saturated carbocycles. The zero-order valence-corrected chi connectivity index (χ0v) is 12.0. The first kappa shape index (κ1) is 15.5. The Morgan fingerprint density at radius 2 is 2.06 bits per heavy atom. The molecule has 1 saturated heterocycles. The Morgan fingerprint density at radius 3 is 2.78 bits per heavy atom. The molecule has 1 fully saturated rings. The van der Waals surface area contributed by atoms with E-state index < -0.39 is 0 Å². The molecule has 1 aliphatic rings. The highest BCUT2D eigenvalue weighted by Crippen LogP contribution is 2.09. The molecule has 1 aliphatic heterocycles. The van der Waals surface area contributed by atoms with Crippen LogP contribution in [0.2, 0.25) is 0 Å². The Bertz CT molecular complexity index is 213. The van der Waals surface area contributed by atoms with Crippen molar-refractivity contribution in [1.29, 1.82) is 0 Å². The first-order valence-electron chi connectivity index (χ1n) is 7.83. The Morgan fingerprint density at radius 1 is 1.22 bits per heavy atom. The predicted molar refractivity (Wildman–Crippen MR) is 76.6 cm³/mol. The minimum atomic E-state index is 0.238. The van der Waals surface area contributed by atoms with Gasteiger partial charge in [0, 0.05) is 19.0 Å². The molecule has 3 nitrogen and oxygen atoms in total. The molecule has 1 rings (SSSR count). The lowest BCUT2D eigenvalue weighted by Gasteiger charge is -2.23. The van der Waals surface area contributed by atoms with Crippen molar-refractivity contribution in [3.63, 3.8) is 0 Å². The molecule has 2 N–H and O–H groups in total. The van der Waals surface area contributed by atoms with Crippen LogP contribution in [0.1, 0.15) is 71.1 Å². The number of hydrogen-bond acceptors (Lipinski definition) is 2. The quantitative estimate of drug-likeness (QED) is 0.621. The normalized spacial score (nSPS) is 19.7. The van der Waals surface area contributed by atoms with Crippen LogP contribution in [0.4, 0.5) is 0 Å². The van der Waals surface area contributed by atoms with Gasteiger partial charge in [-0.25, -0.2) is 0 Å². The van der Waals surface area contributed by atoms with Crippen molar-refractivity contribution in [3.8, 4) is 0 Å². The van der Waals surface area contributed by atoms with Crippen molar-refractivity contribution in [2.75, 3.05) is 13.1 Å². The first-order valence-corrected chi connectivity index (χ1v) is 7.83. The second-order valence-electron chi connectivity index (χ2n) is 5.45. The summed E-state index contributed by atoms with van der Waals surface area (Å²) in [7, 11) is 0. The lowest BCUT2D eigenvalue weighted by Crippen LogP contribution is -2.37. The van der Waals surface area contributed by atoms with Gasteiger partial charge in [0.1, 0.15) is 0 Å². The topological polar surface area (TPSA) is 41.1 Å². The summed E-state index contributed by atoms with van der Waals surface area (Å²) < 4.78 is 0. The maximum absolute atomic E-state index is 11.6. The van der Waals surface area contributed by atoms with Crippen LogP contribution in [0.15, 0.2) is 0 Å². The molecule has 1 atom stereocenters. The number of hydrogen-bond donors (Lipinski definition) is 2. The van der Waals surface area contributed by atoms with Crippen LogP contribution in [0.5, 0.6) is 0 Å². The summed E-state index contributed by atoms with van der Waals surface area (Å²) in [5.41, 5.74) is 0. The van der Waals surface area contributed by atoms with E-state index in [1.165, 1.54) is 44.9 Å². The van der Waals surface area contributed by atoms with E-state index in [0.29, 0.717) is 12.5 Å². The van der Waals surface area contributed by atoms with E-state index in [9.17, 15) is 4.79 Å². The van der Waals surface area contributed by atoms with Gasteiger partial charge < -0.3 is 10.6 Å². The molecular formula is C15H30N2O. The van der Waals surface area contributed by atoms with Crippen molar-refractivity contribution in [3.05, 3.63) is 0 Å². The van der Waals surface area contributed by atoms with Crippen LogP contribution >= 0.6 is 0 Å². The molecule has 0 spiro atoms. The summed E-state index contributed by atoms with van der Waals surface area (Å²) in [5, 5.41) is 6.55. The van der Waals surface area contributed by atoms with Gasteiger partial charge in [-0.05, 0) is 32.2 Å². The van der Waals surface area contributed by atoms with E-state index in [-0.39, 0.29) is 5.91 Å². The fraction of sp³-hybridized carbons (Fsp3) is 0.933. The summed E-state index contributed by atoms with van der Waals surface area (Å²) in [6, 6.07) is 0.628. The number of unbranched alkanes of at least 4 members (excludes halogenated alkanes) is 4. The molecule has 1 amide bonds. The van der Waals surface area contributed by atoms with Crippen molar-refractivity contribution < 1.29 is 4.79 Å². The van der Waals surface area contributed by atoms with Crippen molar-refractivity contribution >= 4 is 5.91 Å². The fourth-order valence-corrected chi connectivity index (χ4v) is 2.53. The van der Waals surface area contributed by atoms with E-state index in [4.69, 9.17) is 0 Å². The van der Waals surface area contributed by atoms with Gasteiger partial charge in [0.2, 0.25) is 5.91 Å². The highest BCUT2D eigenvalue weighted by atomic mass is 16.1. The van der Waals surface area contributed by atoms with E-state index in [0.717, 1.165) is 25.9 Å². The molecule has 18 heavy (non-hydrogen) atoms. The molecule has 106 valence electrons. The SMILES string of the molecule is CCCCCCCC(=O)NCCC1CCCCN1. The average molecular weight is 254 g/mol. The molecular weight excluding hydrogens is 224 g/mol. The number of carbonyl (C=O) groups is 1. The van der Waals surface area contributed by atoms with Crippen LogP contribution in [0.3, 0.4) is 0 Å². The first-order chi connectivity index (χ1) is 8.83. The van der Waals surface area contributed by atoms with Gasteiger partial charge in [-0.15, -0.1) is 0 Å². The Labute approximate surface area is 112 Å². The lowest BCUT2D eigenvalue weighted by molar-refractivity contribution is -0.121. The number of amides is 1. The summed E-state index contributed by atoms with van der Waals surface area (Å²) in [5.74, 6) is 0.238. The van der Waals surface area contributed by atoms with Gasteiger partial charge in [0.15, 0.2) is 0 Å². The number of rotatable bonds is 9. The lowest BCUT2D eigenvalue weighted by atomic mass is 10.0. The van der Waals surface area contributed by atoms with Gasteiger partial charge in [-0.3, -0.25) is 4.79 Å². The summed E-state index contributed by atoms with van der Waals surface area (Å²) >= 11 is 0. The zero-order chi connectivity index (χ0) is 13.1. The van der Waals surface area contributed by atoms with Gasteiger partial charge in [0.25, 0.3) is 0 Å². The molecule has 0 aromatic heterocycles. The Kier molecular flexibility index (Phi) is 8.92. The van der Waals surface area contributed by atoms with Crippen LogP contribution in [0, 0.1) is 0 Å². The minimum Gasteiger partial charge on any atom is -0.356 e. The van der Waals surface area contributed by atoms with Gasteiger partial charge in [-0.2, -0.15) is 0 Å². The monoisotopic (exact) mass is 254 g/mol. The van der Waals surface area contributed by atoms with E-state index in [1.54, 1.807) is 0 Å². The second kappa shape index (κ2) is 10.4. The third kappa shape index (κ3) is 7.70. The van der Waals surface area contributed by atoms with Gasteiger partial charge in [0.05, 0.1) is 0 Å². The maximum atomic E-state index is 11.6. The minimum absolute atomic E-state index is 0.238. The Balaban J connectivity index is 1.89. The van der Waals surface area contributed by atoms with Crippen LogP contribution in [0.25, 0.3) is 0 Å². The zero-order valence-electron chi connectivity index (χ0n) is 12.0. The maximum Gasteiger partial charge on any atom is 0.219 e. The average Bonchev–Trinajstić information content (AvgIpc) is 2.40. The van der Waals surface area contributed by atoms with Crippen molar-refractivity contribution in [2.45, 2.75) is 77.2 Å². The molecule has 1 heterocycles.